The van der Waals surface area contributed by atoms with Crippen molar-refractivity contribution < 1.29 is 0 Å². The van der Waals surface area contributed by atoms with Crippen molar-refractivity contribution in [3.63, 3.8) is 0 Å². The van der Waals surface area contributed by atoms with E-state index >= 15 is 0 Å². The standard InChI is InChI=1S/C22H25ClN4O/c23-16-6-7-19-18(10-16)15(11-24-19)12-27-9-8-17-20(13-27)25-21(26-22(17)28)14-4-2-1-3-5-14/h6-7,10-11,14,24H,1-5,8-9,12-13H2,(H,25,26,28). The van der Waals surface area contributed by atoms with Gasteiger partial charge in [0.05, 0.1) is 5.69 Å². The summed E-state index contributed by atoms with van der Waals surface area (Å²) in [6.45, 7) is 2.42. The molecule has 146 valence electrons. The van der Waals surface area contributed by atoms with Crippen LogP contribution in [0.25, 0.3) is 10.9 Å². The molecule has 3 heterocycles. The van der Waals surface area contributed by atoms with Crippen LogP contribution in [0.4, 0.5) is 0 Å². The van der Waals surface area contributed by atoms with Crippen LogP contribution in [0.1, 0.15) is 60.7 Å². The summed E-state index contributed by atoms with van der Waals surface area (Å²) < 4.78 is 0. The number of hydrogen-bond acceptors (Lipinski definition) is 3. The fraction of sp³-hybridized carbons (Fsp3) is 0.455. The Morgan fingerprint density at radius 3 is 2.93 bits per heavy atom. The van der Waals surface area contributed by atoms with Gasteiger partial charge >= 0.3 is 0 Å². The van der Waals surface area contributed by atoms with Gasteiger partial charge in [0.25, 0.3) is 5.56 Å². The van der Waals surface area contributed by atoms with Gasteiger partial charge in [-0.25, -0.2) is 4.98 Å². The monoisotopic (exact) mass is 396 g/mol. The summed E-state index contributed by atoms with van der Waals surface area (Å²) in [6.07, 6.45) is 8.87. The number of benzene rings is 1. The Hall–Kier alpha value is -2.11. The maximum Gasteiger partial charge on any atom is 0.254 e. The number of hydrogen-bond donors (Lipinski definition) is 2. The van der Waals surface area contributed by atoms with Crippen LogP contribution in [0.2, 0.25) is 5.02 Å². The van der Waals surface area contributed by atoms with E-state index in [1.54, 1.807) is 0 Å². The zero-order valence-electron chi connectivity index (χ0n) is 15.9. The maximum atomic E-state index is 12.6. The predicted molar refractivity (Wildman–Crippen MR) is 112 cm³/mol. The minimum Gasteiger partial charge on any atom is -0.361 e. The second-order valence-corrected chi connectivity index (χ2v) is 8.61. The lowest BCUT2D eigenvalue weighted by atomic mass is 9.88. The third kappa shape index (κ3) is 3.38. The molecule has 6 heteroatoms. The third-order valence-corrected chi connectivity index (χ3v) is 6.52. The van der Waals surface area contributed by atoms with Crippen molar-refractivity contribution in [1.29, 1.82) is 0 Å². The molecule has 0 atom stereocenters. The molecule has 1 saturated carbocycles. The van der Waals surface area contributed by atoms with E-state index in [4.69, 9.17) is 16.6 Å². The smallest absolute Gasteiger partial charge is 0.254 e. The summed E-state index contributed by atoms with van der Waals surface area (Å²) in [5, 5.41) is 1.92. The van der Waals surface area contributed by atoms with Gasteiger partial charge in [-0.2, -0.15) is 0 Å². The van der Waals surface area contributed by atoms with Crippen LogP contribution >= 0.6 is 11.6 Å². The average Bonchev–Trinajstić information content (AvgIpc) is 3.10. The molecule has 0 saturated heterocycles. The number of aromatic nitrogens is 3. The quantitative estimate of drug-likeness (QED) is 0.684. The number of nitrogens with zero attached hydrogens (tertiary/aromatic N) is 2. The molecule has 1 aromatic carbocycles. The highest BCUT2D eigenvalue weighted by atomic mass is 35.5. The molecule has 0 unspecified atom stereocenters. The topological polar surface area (TPSA) is 64.8 Å². The fourth-order valence-electron chi connectivity index (χ4n) is 4.74. The number of halogens is 1. The summed E-state index contributed by atoms with van der Waals surface area (Å²) in [5.41, 5.74) is 4.25. The minimum atomic E-state index is 0.0732. The number of fused-ring (bicyclic) bond motifs is 2. The first kappa shape index (κ1) is 18.0. The van der Waals surface area contributed by atoms with Crippen molar-refractivity contribution >= 4 is 22.5 Å². The van der Waals surface area contributed by atoms with Crippen molar-refractivity contribution in [2.24, 2.45) is 0 Å². The van der Waals surface area contributed by atoms with Gasteiger partial charge in [-0.3, -0.25) is 9.69 Å². The summed E-state index contributed by atoms with van der Waals surface area (Å²) >= 11 is 6.19. The summed E-state index contributed by atoms with van der Waals surface area (Å²) in [6, 6.07) is 5.94. The van der Waals surface area contributed by atoms with Crippen molar-refractivity contribution in [3.8, 4) is 0 Å². The van der Waals surface area contributed by atoms with E-state index < -0.39 is 0 Å². The Kier molecular flexibility index (Phi) is 4.73. The van der Waals surface area contributed by atoms with E-state index in [0.717, 1.165) is 66.5 Å². The predicted octanol–water partition coefficient (Wildman–Crippen LogP) is 4.51. The highest BCUT2D eigenvalue weighted by Crippen LogP contribution is 2.31. The molecule has 3 aromatic rings. The SMILES string of the molecule is O=c1[nH]c(C2CCCCC2)nc2c1CCN(Cc1c[nH]c3ccc(Cl)cc13)C2. The molecule has 2 aliphatic rings. The summed E-state index contributed by atoms with van der Waals surface area (Å²) in [7, 11) is 0. The maximum absolute atomic E-state index is 12.6. The van der Waals surface area contributed by atoms with Gasteiger partial charge in [0.2, 0.25) is 0 Å². The fourth-order valence-corrected chi connectivity index (χ4v) is 4.91. The average molecular weight is 397 g/mol. The van der Waals surface area contributed by atoms with Crippen molar-refractivity contribution in [2.45, 2.75) is 57.5 Å². The van der Waals surface area contributed by atoms with Crippen molar-refractivity contribution in [2.75, 3.05) is 6.54 Å². The minimum absolute atomic E-state index is 0.0732. The molecule has 5 rings (SSSR count). The second-order valence-electron chi connectivity index (χ2n) is 8.18. The Morgan fingerprint density at radius 2 is 2.07 bits per heavy atom. The second kappa shape index (κ2) is 7.37. The van der Waals surface area contributed by atoms with E-state index in [0.29, 0.717) is 5.92 Å². The van der Waals surface area contributed by atoms with Crippen LogP contribution < -0.4 is 5.56 Å². The Bertz CT molecular complexity index is 1060. The van der Waals surface area contributed by atoms with Gasteiger partial charge in [0.1, 0.15) is 5.82 Å². The van der Waals surface area contributed by atoms with Crippen LogP contribution in [-0.2, 0) is 19.5 Å². The van der Waals surface area contributed by atoms with Gasteiger partial charge in [0, 0.05) is 53.2 Å². The molecule has 0 spiro atoms. The van der Waals surface area contributed by atoms with E-state index in [1.165, 1.54) is 30.2 Å². The molecule has 1 aliphatic heterocycles. The lowest BCUT2D eigenvalue weighted by Gasteiger charge is -2.28. The third-order valence-electron chi connectivity index (χ3n) is 6.29. The Balaban J connectivity index is 1.40. The molecule has 0 radical (unpaired) electrons. The molecule has 1 aliphatic carbocycles. The largest absolute Gasteiger partial charge is 0.361 e. The molecular formula is C22H25ClN4O. The van der Waals surface area contributed by atoms with E-state index in [9.17, 15) is 4.79 Å². The number of rotatable bonds is 3. The van der Waals surface area contributed by atoms with Crippen molar-refractivity contribution in [3.05, 3.63) is 62.4 Å². The van der Waals surface area contributed by atoms with Crippen LogP contribution in [-0.4, -0.2) is 26.4 Å². The molecule has 1 fully saturated rings. The van der Waals surface area contributed by atoms with Gasteiger partial charge in [0.15, 0.2) is 0 Å². The highest BCUT2D eigenvalue weighted by molar-refractivity contribution is 6.31. The first-order valence-corrected chi connectivity index (χ1v) is 10.6. The van der Waals surface area contributed by atoms with E-state index in [-0.39, 0.29) is 5.56 Å². The molecule has 28 heavy (non-hydrogen) atoms. The Morgan fingerprint density at radius 1 is 1.21 bits per heavy atom. The van der Waals surface area contributed by atoms with Gasteiger partial charge in [-0.1, -0.05) is 30.9 Å². The highest BCUT2D eigenvalue weighted by Gasteiger charge is 2.25. The Labute approximate surface area is 169 Å². The van der Waals surface area contributed by atoms with Crippen LogP contribution in [0.3, 0.4) is 0 Å². The summed E-state index contributed by atoms with van der Waals surface area (Å²) in [4.78, 5) is 26.4. The number of H-pyrrole nitrogens is 2. The summed E-state index contributed by atoms with van der Waals surface area (Å²) in [5.74, 6) is 1.32. The molecule has 5 nitrogen and oxygen atoms in total. The number of nitrogens with one attached hydrogen (secondary N) is 2. The molecule has 0 bridgehead atoms. The molecule has 0 amide bonds. The normalized spacial score (nSPS) is 18.5. The van der Waals surface area contributed by atoms with Gasteiger partial charge < -0.3 is 9.97 Å². The van der Waals surface area contributed by atoms with Gasteiger partial charge in [-0.15, -0.1) is 0 Å². The zero-order valence-corrected chi connectivity index (χ0v) is 16.7. The van der Waals surface area contributed by atoms with E-state index in [2.05, 4.69) is 21.1 Å². The van der Waals surface area contributed by atoms with E-state index in [1.807, 2.05) is 18.2 Å². The van der Waals surface area contributed by atoms with Gasteiger partial charge in [-0.05, 0) is 43.0 Å². The lowest BCUT2D eigenvalue weighted by Crippen LogP contribution is -2.35. The van der Waals surface area contributed by atoms with Crippen LogP contribution in [0, 0.1) is 0 Å². The van der Waals surface area contributed by atoms with Crippen molar-refractivity contribution in [1.82, 2.24) is 19.9 Å². The molecule has 2 N–H and O–H groups in total. The number of aromatic amines is 2. The zero-order chi connectivity index (χ0) is 19.1. The first-order chi connectivity index (χ1) is 13.7. The molecular weight excluding hydrogens is 372 g/mol. The lowest BCUT2D eigenvalue weighted by molar-refractivity contribution is 0.240. The van der Waals surface area contributed by atoms with Crippen LogP contribution in [0.15, 0.2) is 29.2 Å². The molecule has 2 aromatic heterocycles. The van der Waals surface area contributed by atoms with Crippen LogP contribution in [0.5, 0.6) is 0 Å². The first-order valence-electron chi connectivity index (χ1n) is 10.3.